The normalized spacial score (nSPS) is 11.9. The molecule has 0 saturated heterocycles. The number of thiophene rings is 1. The van der Waals surface area contributed by atoms with Gasteiger partial charge in [-0.3, -0.25) is 0 Å². The Bertz CT molecular complexity index is 3100. The van der Waals surface area contributed by atoms with Crippen LogP contribution in [0.5, 0.6) is 0 Å². The largest absolute Gasteiger partial charge is 0.454 e. The van der Waals surface area contributed by atoms with Crippen LogP contribution >= 0.6 is 11.3 Å². The van der Waals surface area contributed by atoms with Gasteiger partial charge in [-0.15, -0.1) is 11.3 Å². The van der Waals surface area contributed by atoms with Crippen molar-refractivity contribution in [1.82, 2.24) is 19.5 Å². The number of furan rings is 1. The molecule has 0 saturated carbocycles. The van der Waals surface area contributed by atoms with Crippen molar-refractivity contribution in [2.24, 2.45) is 0 Å². The van der Waals surface area contributed by atoms with E-state index >= 15 is 0 Å². The monoisotopic (exact) mass is 670 g/mol. The maximum Gasteiger partial charge on any atom is 0.164 e. The zero-order chi connectivity index (χ0) is 33.5. The molecule has 0 atom stereocenters. The summed E-state index contributed by atoms with van der Waals surface area (Å²) in [4.78, 5) is 15.5. The molecule has 0 unspecified atom stereocenters. The molecule has 4 aromatic heterocycles. The Morgan fingerprint density at radius 3 is 1.76 bits per heavy atom. The Labute approximate surface area is 295 Å². The van der Waals surface area contributed by atoms with Crippen LogP contribution in [0.2, 0.25) is 0 Å². The van der Waals surface area contributed by atoms with Crippen LogP contribution < -0.4 is 0 Å². The zero-order valence-electron chi connectivity index (χ0n) is 27.1. The predicted molar refractivity (Wildman–Crippen MR) is 211 cm³/mol. The van der Waals surface area contributed by atoms with Crippen LogP contribution in [-0.2, 0) is 0 Å². The molecule has 0 spiro atoms. The first-order chi connectivity index (χ1) is 25.3. The van der Waals surface area contributed by atoms with Crippen molar-refractivity contribution >= 4 is 75.3 Å². The van der Waals surface area contributed by atoms with Gasteiger partial charge in [0, 0.05) is 58.4 Å². The summed E-state index contributed by atoms with van der Waals surface area (Å²) >= 11 is 1.79. The molecule has 0 aliphatic carbocycles. The van der Waals surface area contributed by atoms with E-state index in [1.54, 1.807) is 11.3 Å². The molecule has 0 N–H and O–H groups in total. The molecular formula is C45H26N4OS. The topological polar surface area (TPSA) is 56.7 Å². The molecule has 238 valence electrons. The van der Waals surface area contributed by atoms with E-state index in [2.05, 4.69) is 132 Å². The molecule has 0 aliphatic rings. The lowest BCUT2D eigenvalue weighted by molar-refractivity contribution is 0.666. The van der Waals surface area contributed by atoms with E-state index in [1.807, 2.05) is 30.3 Å². The van der Waals surface area contributed by atoms with Crippen LogP contribution in [0.3, 0.4) is 0 Å². The summed E-state index contributed by atoms with van der Waals surface area (Å²) in [5, 5.41) is 6.77. The van der Waals surface area contributed by atoms with Crippen LogP contribution in [0.4, 0.5) is 0 Å². The predicted octanol–water partition coefficient (Wildman–Crippen LogP) is 12.2. The highest BCUT2D eigenvalue weighted by atomic mass is 32.1. The number of fused-ring (bicyclic) bond motifs is 9. The van der Waals surface area contributed by atoms with E-state index in [1.165, 1.54) is 25.6 Å². The van der Waals surface area contributed by atoms with Crippen molar-refractivity contribution in [3.05, 3.63) is 158 Å². The third kappa shape index (κ3) is 4.24. The van der Waals surface area contributed by atoms with Crippen LogP contribution in [0.25, 0.3) is 104 Å². The molecule has 0 fully saturated rings. The summed E-state index contributed by atoms with van der Waals surface area (Å²) in [5.41, 5.74) is 7.68. The SMILES string of the molecule is c1ccc(-c2nc(-c3cccc4oc5c(-n6c7ccccc7c7ccccc76)cccc5c34)nc(-c3cccc4sc5ccccc5c34)n2)cc1. The van der Waals surface area contributed by atoms with Crippen molar-refractivity contribution in [3.8, 4) is 39.9 Å². The minimum absolute atomic E-state index is 0.603. The first-order valence-corrected chi connectivity index (χ1v) is 17.8. The van der Waals surface area contributed by atoms with Gasteiger partial charge in [-0.25, -0.2) is 15.0 Å². The second-order valence-electron chi connectivity index (χ2n) is 12.8. The van der Waals surface area contributed by atoms with Crippen molar-refractivity contribution < 1.29 is 4.42 Å². The first kappa shape index (κ1) is 28.2. The Morgan fingerprint density at radius 1 is 0.431 bits per heavy atom. The summed E-state index contributed by atoms with van der Waals surface area (Å²) in [6, 6.07) is 54.8. The van der Waals surface area contributed by atoms with E-state index in [0.29, 0.717) is 17.5 Å². The second-order valence-corrected chi connectivity index (χ2v) is 13.8. The number of aromatic nitrogens is 4. The molecule has 4 heterocycles. The summed E-state index contributed by atoms with van der Waals surface area (Å²) in [5.74, 6) is 1.87. The van der Waals surface area contributed by atoms with E-state index < -0.39 is 0 Å². The molecule has 11 rings (SSSR count). The van der Waals surface area contributed by atoms with Gasteiger partial charge in [0.25, 0.3) is 0 Å². The Morgan fingerprint density at radius 2 is 1.00 bits per heavy atom. The van der Waals surface area contributed by atoms with E-state index in [0.717, 1.165) is 60.7 Å². The number of benzene rings is 7. The molecule has 11 aromatic rings. The van der Waals surface area contributed by atoms with Crippen LogP contribution in [0.15, 0.2) is 162 Å². The van der Waals surface area contributed by atoms with Crippen molar-refractivity contribution in [1.29, 1.82) is 0 Å². The molecule has 0 amide bonds. The van der Waals surface area contributed by atoms with Gasteiger partial charge in [-0.05, 0) is 36.4 Å². The molecule has 0 radical (unpaired) electrons. The van der Waals surface area contributed by atoms with Gasteiger partial charge in [-0.2, -0.15) is 0 Å². The average Bonchev–Trinajstić information content (AvgIpc) is 3.88. The summed E-state index contributed by atoms with van der Waals surface area (Å²) < 4.78 is 11.6. The summed E-state index contributed by atoms with van der Waals surface area (Å²) in [6.45, 7) is 0. The summed E-state index contributed by atoms with van der Waals surface area (Å²) in [6.07, 6.45) is 0. The van der Waals surface area contributed by atoms with Crippen molar-refractivity contribution in [2.45, 2.75) is 0 Å². The first-order valence-electron chi connectivity index (χ1n) is 17.0. The highest BCUT2D eigenvalue weighted by Crippen LogP contribution is 2.43. The second kappa shape index (κ2) is 10.9. The highest BCUT2D eigenvalue weighted by molar-refractivity contribution is 7.25. The maximum atomic E-state index is 6.80. The number of nitrogens with zero attached hydrogens (tertiary/aromatic N) is 4. The van der Waals surface area contributed by atoms with Gasteiger partial charge >= 0.3 is 0 Å². The lowest BCUT2D eigenvalue weighted by Crippen LogP contribution is -2.00. The minimum Gasteiger partial charge on any atom is -0.454 e. The number of rotatable bonds is 4. The Balaban J connectivity index is 1.19. The van der Waals surface area contributed by atoms with Crippen LogP contribution in [-0.4, -0.2) is 19.5 Å². The van der Waals surface area contributed by atoms with E-state index in [9.17, 15) is 0 Å². The molecule has 7 aromatic carbocycles. The lowest BCUT2D eigenvalue weighted by atomic mass is 10.0. The third-order valence-electron chi connectivity index (χ3n) is 9.87. The highest BCUT2D eigenvalue weighted by Gasteiger charge is 2.22. The molecule has 5 nitrogen and oxygen atoms in total. The quantitative estimate of drug-likeness (QED) is 0.187. The Hall–Kier alpha value is -6.63. The third-order valence-corrected chi connectivity index (χ3v) is 11.0. The minimum atomic E-state index is 0.603. The molecule has 6 heteroatoms. The molecule has 0 bridgehead atoms. The average molecular weight is 671 g/mol. The number of hydrogen-bond donors (Lipinski definition) is 0. The van der Waals surface area contributed by atoms with Gasteiger partial charge < -0.3 is 8.98 Å². The smallest absolute Gasteiger partial charge is 0.164 e. The number of para-hydroxylation sites is 3. The zero-order valence-corrected chi connectivity index (χ0v) is 27.9. The molecule has 0 aliphatic heterocycles. The van der Waals surface area contributed by atoms with Gasteiger partial charge in [0.15, 0.2) is 23.1 Å². The van der Waals surface area contributed by atoms with E-state index in [4.69, 9.17) is 19.4 Å². The van der Waals surface area contributed by atoms with Crippen LogP contribution in [0.1, 0.15) is 0 Å². The summed E-state index contributed by atoms with van der Waals surface area (Å²) in [7, 11) is 0. The van der Waals surface area contributed by atoms with Crippen molar-refractivity contribution in [2.75, 3.05) is 0 Å². The van der Waals surface area contributed by atoms with Gasteiger partial charge in [0.05, 0.1) is 16.7 Å². The Kier molecular flexibility index (Phi) is 6.05. The number of hydrogen-bond acceptors (Lipinski definition) is 5. The lowest BCUT2D eigenvalue weighted by Gasteiger charge is -2.10. The van der Waals surface area contributed by atoms with E-state index in [-0.39, 0.29) is 0 Å². The fourth-order valence-corrected chi connectivity index (χ4v) is 8.80. The standard InChI is InChI=1S/C45H26N4OS/c1-2-13-27(14-3-1)43-46-44(48-45(47-43)33-20-12-26-39-41(33)30-17-6-9-25-38(30)51-39)32-19-11-24-37-40(32)31-18-10-23-36(42(31)50-37)49-34-21-7-4-15-28(34)29-16-5-8-22-35(29)49/h1-26H. The maximum absolute atomic E-state index is 6.80. The van der Waals surface area contributed by atoms with Gasteiger partial charge in [-0.1, -0.05) is 121 Å². The van der Waals surface area contributed by atoms with Gasteiger partial charge in [0.1, 0.15) is 5.58 Å². The van der Waals surface area contributed by atoms with Crippen molar-refractivity contribution in [3.63, 3.8) is 0 Å². The van der Waals surface area contributed by atoms with Crippen LogP contribution in [0, 0.1) is 0 Å². The van der Waals surface area contributed by atoms with Gasteiger partial charge in [0.2, 0.25) is 0 Å². The molecular weight excluding hydrogens is 645 g/mol. The fraction of sp³-hybridized carbons (Fsp3) is 0. The fourth-order valence-electron chi connectivity index (χ4n) is 7.67. The molecule has 51 heavy (non-hydrogen) atoms.